The number of likely N-dealkylation sites (N-methyl/N-ethyl adjacent to an activating group) is 1. The van der Waals surface area contributed by atoms with Gasteiger partial charge >= 0.3 is 0 Å². The molecule has 0 radical (unpaired) electrons. The molecule has 0 fully saturated rings. The van der Waals surface area contributed by atoms with E-state index in [1.807, 2.05) is 25.1 Å². The van der Waals surface area contributed by atoms with Crippen molar-refractivity contribution in [1.82, 2.24) is 5.32 Å². The zero-order chi connectivity index (χ0) is 11.5. The summed E-state index contributed by atoms with van der Waals surface area (Å²) in [6.45, 7) is 3.29. The van der Waals surface area contributed by atoms with Gasteiger partial charge in [0.2, 0.25) is 0 Å². The normalized spacial score (nSPS) is 13.2. The second-order valence-electron chi connectivity index (χ2n) is 3.63. The van der Waals surface area contributed by atoms with E-state index in [1.165, 1.54) is 0 Å². The van der Waals surface area contributed by atoms with Crippen molar-refractivity contribution in [3.8, 4) is 0 Å². The SMILES string of the molecule is CCNCC(O)c1cc2cccc(Cl)c2o1. The van der Waals surface area contributed by atoms with Crippen LogP contribution in [0.2, 0.25) is 5.02 Å². The fourth-order valence-corrected chi connectivity index (χ4v) is 1.81. The molecule has 0 saturated heterocycles. The number of fused-ring (bicyclic) bond motifs is 1. The number of halogens is 1. The summed E-state index contributed by atoms with van der Waals surface area (Å²) in [6, 6.07) is 7.37. The van der Waals surface area contributed by atoms with Crippen molar-refractivity contribution in [1.29, 1.82) is 0 Å². The molecular weight excluding hydrogens is 226 g/mol. The van der Waals surface area contributed by atoms with Crippen LogP contribution in [0.25, 0.3) is 11.0 Å². The number of rotatable bonds is 4. The Morgan fingerprint density at radius 1 is 1.50 bits per heavy atom. The molecule has 86 valence electrons. The summed E-state index contributed by atoms with van der Waals surface area (Å²) >= 11 is 5.99. The fraction of sp³-hybridized carbons (Fsp3) is 0.333. The molecule has 0 aliphatic rings. The summed E-state index contributed by atoms with van der Waals surface area (Å²) in [5.74, 6) is 0.545. The van der Waals surface area contributed by atoms with Crippen LogP contribution in [0.3, 0.4) is 0 Å². The Labute approximate surface area is 99.0 Å². The Bertz CT molecular complexity index is 481. The zero-order valence-electron chi connectivity index (χ0n) is 9.03. The Morgan fingerprint density at radius 3 is 3.00 bits per heavy atom. The van der Waals surface area contributed by atoms with Crippen molar-refractivity contribution in [2.24, 2.45) is 0 Å². The monoisotopic (exact) mass is 239 g/mol. The Morgan fingerprint density at radius 2 is 2.31 bits per heavy atom. The van der Waals surface area contributed by atoms with Gasteiger partial charge in [-0.1, -0.05) is 30.7 Å². The van der Waals surface area contributed by atoms with E-state index < -0.39 is 6.10 Å². The first kappa shape index (κ1) is 11.5. The lowest BCUT2D eigenvalue weighted by Crippen LogP contribution is -2.20. The molecule has 0 aliphatic heterocycles. The van der Waals surface area contributed by atoms with Crippen LogP contribution < -0.4 is 5.32 Å². The number of hydrogen-bond acceptors (Lipinski definition) is 3. The van der Waals surface area contributed by atoms with E-state index in [4.69, 9.17) is 16.0 Å². The molecule has 16 heavy (non-hydrogen) atoms. The average molecular weight is 240 g/mol. The first-order valence-electron chi connectivity index (χ1n) is 5.29. The predicted octanol–water partition coefficient (Wildman–Crippen LogP) is 2.73. The number of aliphatic hydroxyl groups excluding tert-OH is 1. The summed E-state index contributed by atoms with van der Waals surface area (Å²) < 4.78 is 5.54. The van der Waals surface area contributed by atoms with Gasteiger partial charge in [0, 0.05) is 11.9 Å². The van der Waals surface area contributed by atoms with Gasteiger partial charge in [-0.2, -0.15) is 0 Å². The van der Waals surface area contributed by atoms with Crippen LogP contribution in [-0.2, 0) is 0 Å². The molecule has 1 heterocycles. The molecule has 0 bridgehead atoms. The molecule has 0 saturated carbocycles. The molecule has 1 aromatic heterocycles. The molecule has 3 nitrogen and oxygen atoms in total. The van der Waals surface area contributed by atoms with Gasteiger partial charge in [-0.25, -0.2) is 0 Å². The molecule has 0 aliphatic carbocycles. The van der Waals surface area contributed by atoms with Gasteiger partial charge < -0.3 is 14.8 Å². The maximum absolute atomic E-state index is 9.84. The summed E-state index contributed by atoms with van der Waals surface area (Å²) in [5.41, 5.74) is 0.634. The van der Waals surface area contributed by atoms with E-state index in [0.717, 1.165) is 11.9 Å². The Balaban J connectivity index is 2.29. The lowest BCUT2D eigenvalue weighted by atomic mass is 10.2. The van der Waals surface area contributed by atoms with Crippen molar-refractivity contribution in [3.63, 3.8) is 0 Å². The number of hydrogen-bond donors (Lipinski definition) is 2. The molecule has 1 aromatic carbocycles. The molecule has 1 unspecified atom stereocenters. The van der Waals surface area contributed by atoms with Crippen LogP contribution in [-0.4, -0.2) is 18.2 Å². The first-order valence-corrected chi connectivity index (χ1v) is 5.67. The molecule has 0 amide bonds. The van der Waals surface area contributed by atoms with E-state index >= 15 is 0 Å². The molecule has 2 aromatic rings. The molecule has 2 N–H and O–H groups in total. The minimum atomic E-state index is -0.636. The standard InChI is InChI=1S/C12H14ClNO2/c1-2-14-7-10(15)11-6-8-4-3-5-9(13)12(8)16-11/h3-6,10,14-15H,2,7H2,1H3. The van der Waals surface area contributed by atoms with Crippen LogP contribution in [0.4, 0.5) is 0 Å². The topological polar surface area (TPSA) is 45.4 Å². The van der Waals surface area contributed by atoms with E-state index in [1.54, 1.807) is 6.07 Å². The van der Waals surface area contributed by atoms with Crippen molar-refractivity contribution in [2.45, 2.75) is 13.0 Å². The molecule has 2 rings (SSSR count). The van der Waals surface area contributed by atoms with Crippen LogP contribution in [0.15, 0.2) is 28.7 Å². The lowest BCUT2D eigenvalue weighted by Gasteiger charge is -2.06. The second-order valence-corrected chi connectivity index (χ2v) is 4.04. The molecule has 4 heteroatoms. The smallest absolute Gasteiger partial charge is 0.152 e. The number of aliphatic hydroxyl groups is 1. The van der Waals surface area contributed by atoms with Crippen LogP contribution in [0.5, 0.6) is 0 Å². The van der Waals surface area contributed by atoms with Crippen LogP contribution >= 0.6 is 11.6 Å². The van der Waals surface area contributed by atoms with Crippen LogP contribution in [0, 0.1) is 0 Å². The van der Waals surface area contributed by atoms with Gasteiger partial charge in [0.1, 0.15) is 11.9 Å². The molecule has 0 spiro atoms. The number of furan rings is 1. The lowest BCUT2D eigenvalue weighted by molar-refractivity contribution is 0.150. The number of para-hydroxylation sites is 1. The van der Waals surface area contributed by atoms with Gasteiger partial charge in [-0.15, -0.1) is 0 Å². The molecular formula is C12H14ClNO2. The van der Waals surface area contributed by atoms with Crippen molar-refractivity contribution < 1.29 is 9.52 Å². The van der Waals surface area contributed by atoms with E-state index in [-0.39, 0.29) is 0 Å². The van der Waals surface area contributed by atoms with Gasteiger partial charge in [-0.3, -0.25) is 0 Å². The summed E-state index contributed by atoms with van der Waals surface area (Å²) in [5, 5.41) is 14.4. The summed E-state index contributed by atoms with van der Waals surface area (Å²) in [7, 11) is 0. The van der Waals surface area contributed by atoms with Crippen LogP contribution in [0.1, 0.15) is 18.8 Å². The van der Waals surface area contributed by atoms with Crippen molar-refractivity contribution >= 4 is 22.6 Å². The highest BCUT2D eigenvalue weighted by atomic mass is 35.5. The fourth-order valence-electron chi connectivity index (χ4n) is 1.59. The van der Waals surface area contributed by atoms with E-state index in [2.05, 4.69) is 5.32 Å². The Kier molecular flexibility index (Phi) is 3.49. The summed E-state index contributed by atoms with van der Waals surface area (Å²) in [4.78, 5) is 0. The first-order chi connectivity index (χ1) is 7.72. The minimum absolute atomic E-state index is 0.480. The maximum Gasteiger partial charge on any atom is 0.152 e. The van der Waals surface area contributed by atoms with E-state index in [9.17, 15) is 5.11 Å². The highest BCUT2D eigenvalue weighted by Gasteiger charge is 2.13. The Hall–Kier alpha value is -1.03. The maximum atomic E-state index is 9.84. The van der Waals surface area contributed by atoms with Crippen molar-refractivity contribution in [3.05, 3.63) is 35.0 Å². The van der Waals surface area contributed by atoms with E-state index in [0.29, 0.717) is 22.9 Å². The number of benzene rings is 1. The second kappa shape index (κ2) is 4.87. The highest BCUT2D eigenvalue weighted by molar-refractivity contribution is 6.34. The largest absolute Gasteiger partial charge is 0.457 e. The van der Waals surface area contributed by atoms with Gasteiger partial charge in [0.25, 0.3) is 0 Å². The van der Waals surface area contributed by atoms with Gasteiger partial charge in [0.05, 0.1) is 5.02 Å². The highest BCUT2D eigenvalue weighted by Crippen LogP contribution is 2.29. The average Bonchev–Trinajstić information content (AvgIpc) is 2.71. The number of nitrogens with one attached hydrogen (secondary N) is 1. The third-order valence-electron chi connectivity index (χ3n) is 2.43. The minimum Gasteiger partial charge on any atom is -0.457 e. The molecule has 1 atom stereocenters. The van der Waals surface area contributed by atoms with Gasteiger partial charge in [-0.05, 0) is 18.7 Å². The zero-order valence-corrected chi connectivity index (χ0v) is 9.79. The van der Waals surface area contributed by atoms with Crippen molar-refractivity contribution in [2.75, 3.05) is 13.1 Å². The predicted molar refractivity (Wildman–Crippen MR) is 64.7 cm³/mol. The third-order valence-corrected chi connectivity index (χ3v) is 2.73. The quantitative estimate of drug-likeness (QED) is 0.863. The van der Waals surface area contributed by atoms with Gasteiger partial charge in [0.15, 0.2) is 5.58 Å². The third kappa shape index (κ3) is 2.21. The summed E-state index contributed by atoms with van der Waals surface area (Å²) in [6.07, 6.45) is -0.636.